The third kappa shape index (κ3) is 2.70. The fourth-order valence-corrected chi connectivity index (χ4v) is 2.98. The number of hydrogen-bond donors (Lipinski definition) is 1. The van der Waals surface area contributed by atoms with Crippen LogP contribution in [0.25, 0.3) is 0 Å². The summed E-state index contributed by atoms with van der Waals surface area (Å²) in [4.78, 5) is 14.6. The second kappa shape index (κ2) is 5.71. The predicted molar refractivity (Wildman–Crippen MR) is 78.8 cm³/mol. The summed E-state index contributed by atoms with van der Waals surface area (Å²) >= 11 is 0. The van der Waals surface area contributed by atoms with Gasteiger partial charge in [0.05, 0.1) is 12.2 Å². The average Bonchev–Trinajstić information content (AvgIpc) is 3.17. The summed E-state index contributed by atoms with van der Waals surface area (Å²) in [7, 11) is 1.90. The number of hydrogen-bond acceptors (Lipinski definition) is 3. The second-order valence-electron chi connectivity index (χ2n) is 5.63. The van der Waals surface area contributed by atoms with Gasteiger partial charge in [0.2, 0.25) is 0 Å². The van der Waals surface area contributed by atoms with Crippen LogP contribution in [-0.2, 0) is 13.5 Å². The zero-order chi connectivity index (χ0) is 14.8. The van der Waals surface area contributed by atoms with Gasteiger partial charge >= 0.3 is 0 Å². The Kier molecular flexibility index (Phi) is 3.77. The lowest BCUT2D eigenvalue weighted by atomic mass is 10.1. The van der Waals surface area contributed by atoms with Gasteiger partial charge in [0, 0.05) is 31.0 Å². The molecule has 0 spiro atoms. The van der Waals surface area contributed by atoms with E-state index in [4.69, 9.17) is 0 Å². The van der Waals surface area contributed by atoms with Gasteiger partial charge in [-0.25, -0.2) is 0 Å². The number of likely N-dealkylation sites (tertiary alicyclic amines) is 1. The number of aromatic nitrogens is 4. The minimum atomic E-state index is 0.0138. The number of aromatic amines is 1. The molecule has 3 heterocycles. The first-order chi connectivity index (χ1) is 10.2. The van der Waals surface area contributed by atoms with Crippen molar-refractivity contribution < 1.29 is 4.79 Å². The van der Waals surface area contributed by atoms with E-state index in [1.165, 1.54) is 0 Å². The van der Waals surface area contributed by atoms with Crippen LogP contribution in [0.15, 0.2) is 18.5 Å². The van der Waals surface area contributed by atoms with Crippen molar-refractivity contribution in [2.24, 2.45) is 7.05 Å². The van der Waals surface area contributed by atoms with E-state index in [0.717, 1.165) is 43.5 Å². The molecule has 6 heteroatoms. The van der Waals surface area contributed by atoms with Crippen molar-refractivity contribution in [3.05, 3.63) is 35.4 Å². The van der Waals surface area contributed by atoms with E-state index < -0.39 is 0 Å². The lowest BCUT2D eigenvalue weighted by Gasteiger charge is -2.22. The molecule has 1 fully saturated rings. The first-order valence-electron chi connectivity index (χ1n) is 7.53. The summed E-state index contributed by atoms with van der Waals surface area (Å²) in [5.41, 5.74) is 2.65. The maximum absolute atomic E-state index is 12.7. The first-order valence-corrected chi connectivity index (χ1v) is 7.53. The molecule has 0 radical (unpaired) electrons. The SMILES string of the molecule is CCCc1cc(C(=O)N2CCC[C@@H]2c2cnn(C)c2)n[nH]1. The van der Waals surface area contributed by atoms with Gasteiger partial charge in [-0.2, -0.15) is 10.2 Å². The third-order valence-electron chi connectivity index (χ3n) is 3.99. The minimum absolute atomic E-state index is 0.0138. The van der Waals surface area contributed by atoms with Crippen LogP contribution in [0.5, 0.6) is 0 Å². The van der Waals surface area contributed by atoms with E-state index in [1.54, 1.807) is 4.68 Å². The van der Waals surface area contributed by atoms with Crippen molar-refractivity contribution in [1.82, 2.24) is 24.9 Å². The monoisotopic (exact) mass is 287 g/mol. The van der Waals surface area contributed by atoms with E-state index >= 15 is 0 Å². The van der Waals surface area contributed by atoms with Crippen LogP contribution in [-0.4, -0.2) is 37.3 Å². The number of carbonyl (C=O) groups is 1. The Labute approximate surface area is 124 Å². The molecule has 6 nitrogen and oxygen atoms in total. The molecular weight excluding hydrogens is 266 g/mol. The van der Waals surface area contributed by atoms with Gasteiger partial charge in [0.1, 0.15) is 5.69 Å². The Morgan fingerprint density at radius 2 is 2.38 bits per heavy atom. The number of nitrogens with zero attached hydrogens (tertiary/aromatic N) is 4. The molecule has 1 atom stereocenters. The third-order valence-corrected chi connectivity index (χ3v) is 3.99. The normalized spacial score (nSPS) is 18.4. The molecule has 1 amide bonds. The Balaban J connectivity index is 1.79. The van der Waals surface area contributed by atoms with Gasteiger partial charge in [-0.05, 0) is 25.3 Å². The highest BCUT2D eigenvalue weighted by molar-refractivity contribution is 5.92. The van der Waals surface area contributed by atoms with Crippen molar-refractivity contribution >= 4 is 5.91 Å². The molecular formula is C15H21N5O. The van der Waals surface area contributed by atoms with Crippen molar-refractivity contribution in [2.75, 3.05) is 6.54 Å². The standard InChI is InChI=1S/C15H21N5O/c1-3-5-12-8-13(18-17-12)15(21)20-7-4-6-14(20)11-9-16-19(2)10-11/h8-10,14H,3-7H2,1-2H3,(H,17,18)/t14-/m1/s1. The Morgan fingerprint density at radius 3 is 3.10 bits per heavy atom. The molecule has 1 saturated heterocycles. The number of carbonyl (C=O) groups excluding carboxylic acids is 1. The smallest absolute Gasteiger partial charge is 0.274 e. The summed E-state index contributed by atoms with van der Waals surface area (Å²) in [5, 5.41) is 11.3. The van der Waals surface area contributed by atoms with Crippen LogP contribution < -0.4 is 0 Å². The largest absolute Gasteiger partial charge is 0.330 e. The summed E-state index contributed by atoms with van der Waals surface area (Å²) in [6, 6.07) is 2.00. The zero-order valence-electron chi connectivity index (χ0n) is 12.5. The lowest BCUT2D eigenvalue weighted by Crippen LogP contribution is -2.30. The number of aryl methyl sites for hydroxylation is 2. The topological polar surface area (TPSA) is 66.8 Å². The Hall–Kier alpha value is -2.11. The maximum Gasteiger partial charge on any atom is 0.274 e. The zero-order valence-corrected chi connectivity index (χ0v) is 12.5. The molecule has 1 N–H and O–H groups in total. The minimum Gasteiger partial charge on any atom is -0.330 e. The summed E-state index contributed by atoms with van der Waals surface area (Å²) in [5.74, 6) is 0.0138. The van der Waals surface area contributed by atoms with Gasteiger partial charge in [-0.15, -0.1) is 0 Å². The van der Waals surface area contributed by atoms with Crippen molar-refractivity contribution in [3.63, 3.8) is 0 Å². The van der Waals surface area contributed by atoms with Crippen molar-refractivity contribution in [3.8, 4) is 0 Å². The first kappa shape index (κ1) is 13.9. The summed E-state index contributed by atoms with van der Waals surface area (Å²) < 4.78 is 1.78. The van der Waals surface area contributed by atoms with Gasteiger partial charge in [0.15, 0.2) is 0 Å². The molecule has 0 aromatic carbocycles. The maximum atomic E-state index is 12.7. The second-order valence-corrected chi connectivity index (χ2v) is 5.63. The van der Waals surface area contributed by atoms with Crippen LogP contribution in [0.3, 0.4) is 0 Å². The number of nitrogens with one attached hydrogen (secondary N) is 1. The molecule has 2 aromatic heterocycles. The average molecular weight is 287 g/mol. The number of rotatable bonds is 4. The molecule has 112 valence electrons. The highest BCUT2D eigenvalue weighted by Gasteiger charge is 2.32. The van der Waals surface area contributed by atoms with E-state index in [1.807, 2.05) is 30.4 Å². The number of H-pyrrole nitrogens is 1. The number of amides is 1. The molecule has 21 heavy (non-hydrogen) atoms. The van der Waals surface area contributed by atoms with Crippen LogP contribution >= 0.6 is 0 Å². The molecule has 0 aliphatic carbocycles. The van der Waals surface area contributed by atoms with Gasteiger partial charge in [0.25, 0.3) is 5.91 Å². The molecule has 1 aliphatic heterocycles. The van der Waals surface area contributed by atoms with E-state index in [0.29, 0.717) is 5.69 Å². The fourth-order valence-electron chi connectivity index (χ4n) is 2.98. The van der Waals surface area contributed by atoms with Crippen molar-refractivity contribution in [2.45, 2.75) is 38.6 Å². The van der Waals surface area contributed by atoms with Crippen LogP contribution in [0.1, 0.15) is 54.0 Å². The fraction of sp³-hybridized carbons (Fsp3) is 0.533. The van der Waals surface area contributed by atoms with Gasteiger partial charge in [-0.1, -0.05) is 13.3 Å². The molecule has 0 unspecified atom stereocenters. The van der Waals surface area contributed by atoms with Crippen LogP contribution in [0, 0.1) is 0 Å². The predicted octanol–water partition coefficient (Wildman–Crippen LogP) is 2.07. The Morgan fingerprint density at radius 1 is 1.52 bits per heavy atom. The summed E-state index contributed by atoms with van der Waals surface area (Å²) in [6.45, 7) is 2.90. The lowest BCUT2D eigenvalue weighted by molar-refractivity contribution is 0.0729. The van der Waals surface area contributed by atoms with E-state index in [2.05, 4.69) is 22.2 Å². The van der Waals surface area contributed by atoms with E-state index in [-0.39, 0.29) is 11.9 Å². The van der Waals surface area contributed by atoms with Gasteiger partial charge < -0.3 is 4.90 Å². The highest BCUT2D eigenvalue weighted by Crippen LogP contribution is 2.32. The van der Waals surface area contributed by atoms with Crippen LogP contribution in [0.4, 0.5) is 0 Å². The highest BCUT2D eigenvalue weighted by atomic mass is 16.2. The van der Waals surface area contributed by atoms with Gasteiger partial charge in [-0.3, -0.25) is 14.6 Å². The molecule has 2 aromatic rings. The molecule has 3 rings (SSSR count). The van der Waals surface area contributed by atoms with E-state index in [9.17, 15) is 4.79 Å². The Bertz CT molecular complexity index is 630. The summed E-state index contributed by atoms with van der Waals surface area (Å²) in [6.07, 6.45) is 7.82. The van der Waals surface area contributed by atoms with Crippen LogP contribution in [0.2, 0.25) is 0 Å². The van der Waals surface area contributed by atoms with Crippen molar-refractivity contribution in [1.29, 1.82) is 0 Å². The molecule has 0 bridgehead atoms. The molecule has 1 aliphatic rings. The molecule has 0 saturated carbocycles. The quantitative estimate of drug-likeness (QED) is 0.936.